The molecule has 0 aliphatic rings. The van der Waals surface area contributed by atoms with E-state index in [4.69, 9.17) is 5.11 Å². The molecular weight excluding hydrogens is 252 g/mol. The highest BCUT2D eigenvalue weighted by Crippen LogP contribution is 2.21. The summed E-state index contributed by atoms with van der Waals surface area (Å²) in [7, 11) is 0. The molecule has 0 unspecified atom stereocenters. The zero-order chi connectivity index (χ0) is 13.8. The van der Waals surface area contributed by atoms with E-state index in [0.717, 1.165) is 12.1 Å². The van der Waals surface area contributed by atoms with E-state index in [1.165, 1.54) is 36.5 Å². The normalized spacial score (nSPS) is 10.8. The molecule has 5 heteroatoms. The average molecular weight is 261 g/mol. The first kappa shape index (κ1) is 12.9. The summed E-state index contributed by atoms with van der Waals surface area (Å²) in [6, 6.07) is 9.28. The number of carboxylic acids is 1. The Morgan fingerprint density at radius 3 is 2.16 bits per heavy atom. The minimum absolute atomic E-state index is 0.134. The van der Waals surface area contributed by atoms with Crippen molar-refractivity contribution >= 4 is 17.9 Å². The molecule has 0 aliphatic carbocycles. The number of hydrogen-bond acceptors (Lipinski definition) is 2. The molecule has 0 saturated carbocycles. The highest BCUT2D eigenvalue weighted by atomic mass is 19.1. The standard InChI is InChI=1S/C14H9F2NO2/c15-11-2-1-3-12(16)13(11)17-8-9-4-6-10(7-5-9)14(18)19/h1-8H,(H,18,19)/b17-8+. The molecule has 0 bridgehead atoms. The quantitative estimate of drug-likeness (QED) is 0.861. The van der Waals surface area contributed by atoms with Crippen molar-refractivity contribution < 1.29 is 18.7 Å². The van der Waals surface area contributed by atoms with Gasteiger partial charge < -0.3 is 5.11 Å². The number of aromatic carboxylic acids is 1. The van der Waals surface area contributed by atoms with Crippen LogP contribution < -0.4 is 0 Å². The van der Waals surface area contributed by atoms with Crippen molar-refractivity contribution in [3.05, 3.63) is 65.2 Å². The van der Waals surface area contributed by atoms with Gasteiger partial charge in [0.25, 0.3) is 0 Å². The van der Waals surface area contributed by atoms with Crippen LogP contribution in [-0.4, -0.2) is 17.3 Å². The van der Waals surface area contributed by atoms with E-state index in [2.05, 4.69) is 4.99 Å². The van der Waals surface area contributed by atoms with Crippen LogP contribution in [-0.2, 0) is 0 Å². The van der Waals surface area contributed by atoms with Crippen LogP contribution in [0.15, 0.2) is 47.5 Å². The van der Waals surface area contributed by atoms with E-state index in [1.54, 1.807) is 0 Å². The number of halogens is 2. The summed E-state index contributed by atoms with van der Waals surface area (Å²) in [5.74, 6) is -2.54. The molecule has 0 heterocycles. The lowest BCUT2D eigenvalue weighted by atomic mass is 10.1. The van der Waals surface area contributed by atoms with Gasteiger partial charge in [0.1, 0.15) is 5.69 Å². The maximum atomic E-state index is 13.3. The second-order valence-corrected chi connectivity index (χ2v) is 3.76. The zero-order valence-electron chi connectivity index (χ0n) is 9.68. The molecule has 0 amide bonds. The van der Waals surface area contributed by atoms with Crippen LogP contribution in [0.3, 0.4) is 0 Å². The average Bonchev–Trinajstić information content (AvgIpc) is 2.38. The molecule has 0 atom stereocenters. The Morgan fingerprint density at radius 1 is 1.05 bits per heavy atom. The fraction of sp³-hybridized carbons (Fsp3) is 0. The van der Waals surface area contributed by atoms with Gasteiger partial charge in [0.15, 0.2) is 11.6 Å². The second-order valence-electron chi connectivity index (χ2n) is 3.76. The van der Waals surface area contributed by atoms with Crippen molar-refractivity contribution in [1.29, 1.82) is 0 Å². The molecule has 0 fully saturated rings. The summed E-state index contributed by atoms with van der Waals surface area (Å²) >= 11 is 0. The number of benzene rings is 2. The van der Waals surface area contributed by atoms with E-state index in [-0.39, 0.29) is 11.3 Å². The Balaban J connectivity index is 2.25. The van der Waals surface area contributed by atoms with Gasteiger partial charge in [-0.2, -0.15) is 0 Å². The molecular formula is C14H9F2NO2. The maximum absolute atomic E-state index is 13.3. The van der Waals surface area contributed by atoms with Crippen molar-refractivity contribution in [2.45, 2.75) is 0 Å². The molecule has 0 spiro atoms. The monoisotopic (exact) mass is 261 g/mol. The van der Waals surface area contributed by atoms with Crippen molar-refractivity contribution in [1.82, 2.24) is 0 Å². The van der Waals surface area contributed by atoms with Crippen molar-refractivity contribution in [3.63, 3.8) is 0 Å². The third kappa shape index (κ3) is 3.01. The van der Waals surface area contributed by atoms with Gasteiger partial charge in [-0.3, -0.25) is 4.99 Å². The summed E-state index contributed by atoms with van der Waals surface area (Å²) in [5.41, 5.74) is 0.312. The van der Waals surface area contributed by atoms with Gasteiger partial charge in [-0.1, -0.05) is 18.2 Å². The fourth-order valence-electron chi connectivity index (χ4n) is 1.46. The smallest absolute Gasteiger partial charge is 0.335 e. The predicted octanol–water partition coefficient (Wildman–Crippen LogP) is 3.41. The number of aliphatic imine (C=N–C) groups is 1. The number of nitrogens with zero attached hydrogens (tertiary/aromatic N) is 1. The van der Waals surface area contributed by atoms with E-state index >= 15 is 0 Å². The Morgan fingerprint density at radius 2 is 1.63 bits per heavy atom. The molecule has 3 nitrogen and oxygen atoms in total. The van der Waals surface area contributed by atoms with Crippen molar-refractivity contribution in [2.24, 2.45) is 4.99 Å². The lowest BCUT2D eigenvalue weighted by Gasteiger charge is -1.98. The van der Waals surface area contributed by atoms with Gasteiger partial charge >= 0.3 is 5.97 Å². The van der Waals surface area contributed by atoms with Crippen LogP contribution in [0.1, 0.15) is 15.9 Å². The van der Waals surface area contributed by atoms with Gasteiger partial charge in [-0.05, 0) is 29.8 Å². The zero-order valence-corrected chi connectivity index (χ0v) is 9.68. The molecule has 1 N–H and O–H groups in total. The van der Waals surface area contributed by atoms with Gasteiger partial charge in [0.2, 0.25) is 0 Å². The molecule has 96 valence electrons. The lowest BCUT2D eigenvalue weighted by Crippen LogP contribution is -1.95. The third-order valence-corrected chi connectivity index (χ3v) is 2.44. The summed E-state index contributed by atoms with van der Waals surface area (Å²) in [6.07, 6.45) is 1.27. The van der Waals surface area contributed by atoms with E-state index in [0.29, 0.717) is 5.56 Å². The van der Waals surface area contributed by atoms with Crippen LogP contribution in [0, 0.1) is 11.6 Å². The first-order chi connectivity index (χ1) is 9.08. The highest BCUT2D eigenvalue weighted by molar-refractivity contribution is 5.89. The van der Waals surface area contributed by atoms with Gasteiger partial charge in [0, 0.05) is 6.21 Å². The topological polar surface area (TPSA) is 49.7 Å². The summed E-state index contributed by atoms with van der Waals surface area (Å²) < 4.78 is 26.6. The van der Waals surface area contributed by atoms with Gasteiger partial charge in [-0.15, -0.1) is 0 Å². The largest absolute Gasteiger partial charge is 0.478 e. The number of para-hydroxylation sites is 1. The molecule has 0 aromatic heterocycles. The van der Waals surface area contributed by atoms with Crippen LogP contribution in [0.5, 0.6) is 0 Å². The second kappa shape index (κ2) is 5.39. The third-order valence-electron chi connectivity index (χ3n) is 2.44. The molecule has 2 rings (SSSR count). The van der Waals surface area contributed by atoms with Gasteiger partial charge in [0.05, 0.1) is 5.56 Å². The first-order valence-electron chi connectivity index (χ1n) is 5.39. The van der Waals surface area contributed by atoms with E-state index < -0.39 is 17.6 Å². The molecule has 2 aromatic carbocycles. The molecule has 0 radical (unpaired) electrons. The Labute approximate surface area is 107 Å². The molecule has 0 aliphatic heterocycles. The van der Waals surface area contributed by atoms with Crippen LogP contribution in [0.25, 0.3) is 0 Å². The summed E-state index contributed by atoms with van der Waals surface area (Å²) in [6.45, 7) is 0. The number of carbonyl (C=O) groups is 1. The summed E-state index contributed by atoms with van der Waals surface area (Å²) in [4.78, 5) is 14.4. The number of carboxylic acid groups (broad SMARTS) is 1. The van der Waals surface area contributed by atoms with Crippen LogP contribution in [0.4, 0.5) is 14.5 Å². The Kier molecular flexibility index (Phi) is 3.66. The number of hydrogen-bond donors (Lipinski definition) is 1. The minimum Gasteiger partial charge on any atom is -0.478 e. The highest BCUT2D eigenvalue weighted by Gasteiger charge is 2.06. The van der Waals surface area contributed by atoms with Crippen LogP contribution in [0.2, 0.25) is 0 Å². The Hall–Kier alpha value is -2.56. The Bertz CT molecular complexity index is 616. The van der Waals surface area contributed by atoms with Crippen molar-refractivity contribution in [2.75, 3.05) is 0 Å². The summed E-state index contributed by atoms with van der Waals surface area (Å²) in [5, 5.41) is 8.72. The maximum Gasteiger partial charge on any atom is 0.335 e. The van der Waals surface area contributed by atoms with E-state index in [9.17, 15) is 13.6 Å². The van der Waals surface area contributed by atoms with Crippen LogP contribution >= 0.6 is 0 Å². The SMILES string of the molecule is O=C(O)c1ccc(/C=N/c2c(F)cccc2F)cc1. The molecule has 2 aromatic rings. The molecule has 0 saturated heterocycles. The number of rotatable bonds is 3. The minimum atomic E-state index is -1.04. The predicted molar refractivity (Wildman–Crippen MR) is 67.0 cm³/mol. The van der Waals surface area contributed by atoms with Crippen molar-refractivity contribution in [3.8, 4) is 0 Å². The first-order valence-corrected chi connectivity index (χ1v) is 5.39. The molecule has 19 heavy (non-hydrogen) atoms. The fourth-order valence-corrected chi connectivity index (χ4v) is 1.46. The van der Waals surface area contributed by atoms with E-state index in [1.807, 2.05) is 0 Å². The lowest BCUT2D eigenvalue weighted by molar-refractivity contribution is 0.0697. The van der Waals surface area contributed by atoms with Gasteiger partial charge in [-0.25, -0.2) is 13.6 Å².